The maximum Gasteiger partial charge on any atom is 0.251 e. The van der Waals surface area contributed by atoms with Crippen LogP contribution in [-0.2, 0) is 19.4 Å². The van der Waals surface area contributed by atoms with Crippen molar-refractivity contribution in [2.45, 2.75) is 51.1 Å². The Labute approximate surface area is 155 Å². The zero-order valence-corrected chi connectivity index (χ0v) is 15.3. The molecule has 4 rings (SSSR count). The van der Waals surface area contributed by atoms with Crippen LogP contribution in [0, 0.1) is 0 Å². The molecule has 0 bridgehead atoms. The summed E-state index contributed by atoms with van der Waals surface area (Å²) in [4.78, 5) is 19.3. The number of carbonyl (C=O) groups excluding carboxylic acids is 1. The molecule has 1 N–H and O–H groups in total. The highest BCUT2D eigenvalue weighted by Gasteiger charge is 2.22. The Bertz CT molecular complexity index is 751. The molecule has 1 aliphatic carbocycles. The van der Waals surface area contributed by atoms with Crippen molar-refractivity contribution in [2.24, 2.45) is 0 Å². The molecule has 26 heavy (non-hydrogen) atoms. The number of carbonyl (C=O) groups is 1. The molecule has 4 heteroatoms. The Morgan fingerprint density at radius 1 is 1.12 bits per heavy atom. The number of aromatic nitrogens is 1. The predicted octanol–water partition coefficient (Wildman–Crippen LogP) is 3.35. The molecule has 1 saturated heterocycles. The fourth-order valence-electron chi connectivity index (χ4n) is 4.13. The Morgan fingerprint density at radius 2 is 1.92 bits per heavy atom. The van der Waals surface area contributed by atoms with E-state index in [1.165, 1.54) is 29.5 Å². The van der Waals surface area contributed by atoms with Crippen LogP contribution in [-0.4, -0.2) is 34.9 Å². The van der Waals surface area contributed by atoms with Crippen molar-refractivity contribution in [3.05, 3.63) is 65.0 Å². The Kier molecular flexibility index (Phi) is 5.30. The summed E-state index contributed by atoms with van der Waals surface area (Å²) < 4.78 is 0. The van der Waals surface area contributed by atoms with Crippen LogP contribution in [0.4, 0.5) is 0 Å². The van der Waals surface area contributed by atoms with Gasteiger partial charge in [-0.05, 0) is 73.4 Å². The van der Waals surface area contributed by atoms with Gasteiger partial charge in [0.05, 0.1) is 0 Å². The maximum atomic E-state index is 12.6. The Balaban J connectivity index is 1.29. The maximum absolute atomic E-state index is 12.6. The van der Waals surface area contributed by atoms with E-state index in [0.717, 1.165) is 50.9 Å². The van der Waals surface area contributed by atoms with Crippen LogP contribution in [0.5, 0.6) is 0 Å². The second-order valence-electron chi connectivity index (χ2n) is 7.58. The lowest BCUT2D eigenvalue weighted by Crippen LogP contribution is -2.44. The van der Waals surface area contributed by atoms with E-state index in [4.69, 9.17) is 0 Å². The minimum Gasteiger partial charge on any atom is -0.349 e. The largest absolute Gasteiger partial charge is 0.349 e. The highest BCUT2D eigenvalue weighted by molar-refractivity contribution is 5.94. The SMILES string of the molecule is O=C(NC1CCN(Cc2cccnc2)CC1)c1ccc2c(c1)CCCC2. The predicted molar refractivity (Wildman–Crippen MR) is 103 cm³/mol. The van der Waals surface area contributed by atoms with Crippen molar-refractivity contribution in [2.75, 3.05) is 13.1 Å². The van der Waals surface area contributed by atoms with Gasteiger partial charge in [0.15, 0.2) is 0 Å². The van der Waals surface area contributed by atoms with Gasteiger partial charge in [-0.2, -0.15) is 0 Å². The van der Waals surface area contributed by atoms with Gasteiger partial charge in [-0.25, -0.2) is 0 Å². The normalized spacial score (nSPS) is 18.3. The lowest BCUT2D eigenvalue weighted by molar-refractivity contribution is 0.0909. The number of hydrogen-bond donors (Lipinski definition) is 1. The van der Waals surface area contributed by atoms with Gasteiger partial charge in [-0.15, -0.1) is 0 Å². The lowest BCUT2D eigenvalue weighted by Gasteiger charge is -2.32. The molecule has 1 fully saturated rings. The van der Waals surface area contributed by atoms with Crippen LogP contribution in [0.25, 0.3) is 0 Å². The highest BCUT2D eigenvalue weighted by atomic mass is 16.1. The van der Waals surface area contributed by atoms with Crippen molar-refractivity contribution < 1.29 is 4.79 Å². The first-order chi connectivity index (χ1) is 12.8. The summed E-state index contributed by atoms with van der Waals surface area (Å²) in [7, 11) is 0. The summed E-state index contributed by atoms with van der Waals surface area (Å²) in [5, 5.41) is 3.25. The van der Waals surface area contributed by atoms with Gasteiger partial charge in [0.1, 0.15) is 0 Å². The van der Waals surface area contributed by atoms with E-state index >= 15 is 0 Å². The Morgan fingerprint density at radius 3 is 2.69 bits per heavy atom. The number of amides is 1. The van der Waals surface area contributed by atoms with E-state index in [0.29, 0.717) is 0 Å². The van der Waals surface area contributed by atoms with Crippen LogP contribution < -0.4 is 5.32 Å². The number of pyridine rings is 1. The topological polar surface area (TPSA) is 45.2 Å². The molecular weight excluding hydrogens is 322 g/mol. The molecule has 0 saturated carbocycles. The van der Waals surface area contributed by atoms with Crippen LogP contribution >= 0.6 is 0 Å². The molecule has 2 aromatic rings. The Hall–Kier alpha value is -2.20. The third kappa shape index (κ3) is 4.13. The van der Waals surface area contributed by atoms with Crippen molar-refractivity contribution in [3.8, 4) is 0 Å². The van der Waals surface area contributed by atoms with E-state index < -0.39 is 0 Å². The monoisotopic (exact) mass is 349 g/mol. The number of aryl methyl sites for hydroxylation is 2. The number of rotatable bonds is 4. The van der Waals surface area contributed by atoms with Crippen LogP contribution in [0.2, 0.25) is 0 Å². The molecule has 2 aliphatic rings. The third-order valence-corrected chi connectivity index (χ3v) is 5.66. The second kappa shape index (κ2) is 8.00. The number of fused-ring (bicyclic) bond motifs is 1. The fraction of sp³-hybridized carbons (Fsp3) is 0.455. The van der Waals surface area contributed by atoms with Gasteiger partial charge in [0.2, 0.25) is 0 Å². The average Bonchev–Trinajstić information content (AvgIpc) is 2.70. The first-order valence-corrected chi connectivity index (χ1v) is 9.82. The molecule has 136 valence electrons. The van der Waals surface area contributed by atoms with Crippen LogP contribution in [0.3, 0.4) is 0 Å². The zero-order valence-electron chi connectivity index (χ0n) is 15.3. The van der Waals surface area contributed by atoms with Gasteiger partial charge >= 0.3 is 0 Å². The lowest BCUT2D eigenvalue weighted by atomic mass is 9.90. The van der Waals surface area contributed by atoms with Crippen LogP contribution in [0.15, 0.2) is 42.7 Å². The standard InChI is InChI=1S/C22H27N3O/c26-22(20-8-7-18-5-1-2-6-19(18)14-20)24-21-9-12-25(13-10-21)16-17-4-3-11-23-15-17/h3-4,7-8,11,14-15,21H,1-2,5-6,9-10,12-13,16H2,(H,24,26). The van der Waals surface area contributed by atoms with Crippen molar-refractivity contribution >= 4 is 5.91 Å². The second-order valence-corrected chi connectivity index (χ2v) is 7.58. The first-order valence-electron chi connectivity index (χ1n) is 9.82. The molecule has 1 aromatic heterocycles. The summed E-state index contributed by atoms with van der Waals surface area (Å²) in [5.41, 5.74) is 4.87. The van der Waals surface area contributed by atoms with Gasteiger partial charge in [0, 0.05) is 43.6 Å². The number of piperidine rings is 1. The summed E-state index contributed by atoms with van der Waals surface area (Å²) in [6, 6.07) is 10.7. The highest BCUT2D eigenvalue weighted by Crippen LogP contribution is 2.22. The quantitative estimate of drug-likeness (QED) is 0.921. The van der Waals surface area contributed by atoms with E-state index in [1.54, 1.807) is 0 Å². The van der Waals surface area contributed by atoms with E-state index in [2.05, 4.69) is 33.4 Å². The van der Waals surface area contributed by atoms with Gasteiger partial charge in [-0.1, -0.05) is 12.1 Å². The molecular formula is C22H27N3O. The summed E-state index contributed by atoms with van der Waals surface area (Å²) in [6.07, 6.45) is 10.6. The molecule has 1 aromatic carbocycles. The smallest absolute Gasteiger partial charge is 0.251 e. The molecule has 2 heterocycles. The summed E-state index contributed by atoms with van der Waals surface area (Å²) in [6.45, 7) is 2.98. The van der Waals surface area contributed by atoms with Gasteiger partial charge < -0.3 is 5.32 Å². The van der Waals surface area contributed by atoms with E-state index in [1.807, 2.05) is 24.5 Å². The molecule has 0 atom stereocenters. The fourth-order valence-corrected chi connectivity index (χ4v) is 4.13. The molecule has 0 spiro atoms. The average molecular weight is 349 g/mol. The van der Waals surface area contributed by atoms with E-state index in [9.17, 15) is 4.79 Å². The van der Waals surface area contributed by atoms with E-state index in [-0.39, 0.29) is 11.9 Å². The molecule has 0 unspecified atom stereocenters. The minimum absolute atomic E-state index is 0.0871. The van der Waals surface area contributed by atoms with Crippen molar-refractivity contribution in [1.82, 2.24) is 15.2 Å². The number of nitrogens with one attached hydrogen (secondary N) is 1. The molecule has 0 radical (unpaired) electrons. The number of likely N-dealkylation sites (tertiary alicyclic amines) is 1. The van der Waals surface area contributed by atoms with Gasteiger partial charge in [-0.3, -0.25) is 14.7 Å². The van der Waals surface area contributed by atoms with Gasteiger partial charge in [0.25, 0.3) is 5.91 Å². The minimum atomic E-state index is 0.0871. The first kappa shape index (κ1) is 17.2. The van der Waals surface area contributed by atoms with Crippen molar-refractivity contribution in [1.29, 1.82) is 0 Å². The zero-order chi connectivity index (χ0) is 17.8. The molecule has 1 aliphatic heterocycles. The molecule has 1 amide bonds. The summed E-state index contributed by atoms with van der Waals surface area (Å²) in [5.74, 6) is 0.0871. The number of nitrogens with zero attached hydrogens (tertiary/aromatic N) is 2. The number of benzene rings is 1. The van der Waals surface area contributed by atoms with Crippen LogP contribution in [0.1, 0.15) is 52.7 Å². The summed E-state index contributed by atoms with van der Waals surface area (Å²) >= 11 is 0. The molecule has 4 nitrogen and oxygen atoms in total. The third-order valence-electron chi connectivity index (χ3n) is 5.66. The van der Waals surface area contributed by atoms with Crippen molar-refractivity contribution in [3.63, 3.8) is 0 Å². The number of hydrogen-bond acceptors (Lipinski definition) is 3.